The summed E-state index contributed by atoms with van der Waals surface area (Å²) in [6, 6.07) is 6.29. The van der Waals surface area contributed by atoms with Crippen molar-refractivity contribution in [3.8, 4) is 5.69 Å². The van der Waals surface area contributed by atoms with E-state index in [-0.39, 0.29) is 0 Å². The number of nitrogens with one attached hydrogen (secondary N) is 1. The fourth-order valence-electron chi connectivity index (χ4n) is 2.78. The van der Waals surface area contributed by atoms with Crippen molar-refractivity contribution in [2.75, 3.05) is 5.32 Å². The van der Waals surface area contributed by atoms with E-state index in [0.717, 1.165) is 16.4 Å². The molecule has 2 aromatic rings. The zero-order valence-electron chi connectivity index (χ0n) is 11.5. The molecule has 0 spiro atoms. The molecule has 2 unspecified atom stereocenters. The minimum atomic E-state index is 0.491. The van der Waals surface area contributed by atoms with Gasteiger partial charge in [0.05, 0.1) is 16.4 Å². The maximum absolute atomic E-state index is 6.30. The summed E-state index contributed by atoms with van der Waals surface area (Å²) in [4.78, 5) is 0. The normalized spacial score (nSPS) is 22.7. The maximum Gasteiger partial charge on any atom is 0.143 e. The number of hydrogen-bond acceptors (Lipinski definition) is 4. The molecule has 3 rings (SSSR count). The molecule has 1 N–H and O–H groups in total. The molecule has 0 radical (unpaired) electrons. The van der Waals surface area contributed by atoms with Crippen LogP contribution in [0, 0.1) is 5.92 Å². The predicted octanol–water partition coefficient (Wildman–Crippen LogP) is 3.31. The molecule has 106 valence electrons. The number of hydrogen-bond donors (Lipinski definition) is 1. The number of anilines is 1. The Balaban J connectivity index is 1.83. The van der Waals surface area contributed by atoms with Crippen LogP contribution in [0.4, 0.5) is 5.69 Å². The molecule has 6 heteroatoms. The lowest BCUT2D eigenvalue weighted by molar-refractivity contribution is 0.349. The van der Waals surface area contributed by atoms with Crippen LogP contribution in [0.3, 0.4) is 0 Å². The third-order valence-electron chi connectivity index (χ3n) is 4.02. The van der Waals surface area contributed by atoms with Gasteiger partial charge in [0.1, 0.15) is 6.33 Å². The van der Waals surface area contributed by atoms with E-state index in [1.54, 1.807) is 11.0 Å². The summed E-state index contributed by atoms with van der Waals surface area (Å²) in [6.07, 6.45) is 6.68. The SMILES string of the molecule is CC1CCCCC1Nc1cc(-n2cnnn2)ccc1Cl. The largest absolute Gasteiger partial charge is 0.381 e. The van der Waals surface area contributed by atoms with E-state index in [1.807, 2.05) is 18.2 Å². The zero-order chi connectivity index (χ0) is 13.9. The lowest BCUT2D eigenvalue weighted by Gasteiger charge is -2.30. The first-order chi connectivity index (χ1) is 9.74. The lowest BCUT2D eigenvalue weighted by Crippen LogP contribution is -2.30. The second-order valence-corrected chi connectivity index (χ2v) is 5.84. The molecule has 1 aliphatic rings. The van der Waals surface area contributed by atoms with Gasteiger partial charge in [-0.05, 0) is 47.4 Å². The molecule has 5 nitrogen and oxygen atoms in total. The van der Waals surface area contributed by atoms with E-state index in [9.17, 15) is 0 Å². The van der Waals surface area contributed by atoms with Gasteiger partial charge in [0, 0.05) is 6.04 Å². The van der Waals surface area contributed by atoms with E-state index in [4.69, 9.17) is 11.6 Å². The molecule has 0 amide bonds. The van der Waals surface area contributed by atoms with Crippen LogP contribution in [0.25, 0.3) is 5.69 Å². The summed E-state index contributed by atoms with van der Waals surface area (Å²) in [5.74, 6) is 0.677. The number of tetrazole rings is 1. The summed E-state index contributed by atoms with van der Waals surface area (Å²) in [5.41, 5.74) is 1.86. The number of nitrogens with zero attached hydrogens (tertiary/aromatic N) is 4. The lowest BCUT2D eigenvalue weighted by atomic mass is 9.86. The van der Waals surface area contributed by atoms with Gasteiger partial charge in [-0.25, -0.2) is 4.68 Å². The number of aromatic nitrogens is 4. The Labute approximate surface area is 123 Å². The van der Waals surface area contributed by atoms with Crippen LogP contribution in [-0.2, 0) is 0 Å². The van der Waals surface area contributed by atoms with Gasteiger partial charge in [-0.15, -0.1) is 5.10 Å². The molecule has 1 aromatic carbocycles. The van der Waals surface area contributed by atoms with Gasteiger partial charge in [-0.1, -0.05) is 31.4 Å². The quantitative estimate of drug-likeness (QED) is 0.942. The van der Waals surface area contributed by atoms with Crippen LogP contribution >= 0.6 is 11.6 Å². The van der Waals surface area contributed by atoms with Gasteiger partial charge in [0.25, 0.3) is 0 Å². The molecule has 1 aliphatic carbocycles. The molecule has 20 heavy (non-hydrogen) atoms. The smallest absolute Gasteiger partial charge is 0.143 e. The average Bonchev–Trinajstić information content (AvgIpc) is 2.98. The van der Waals surface area contributed by atoms with E-state index in [0.29, 0.717) is 12.0 Å². The highest BCUT2D eigenvalue weighted by molar-refractivity contribution is 6.33. The monoisotopic (exact) mass is 291 g/mol. The third-order valence-corrected chi connectivity index (χ3v) is 4.35. The fourth-order valence-corrected chi connectivity index (χ4v) is 2.95. The van der Waals surface area contributed by atoms with Crippen LogP contribution in [0.2, 0.25) is 5.02 Å². The molecule has 0 bridgehead atoms. The third kappa shape index (κ3) is 2.77. The van der Waals surface area contributed by atoms with Crippen molar-refractivity contribution in [3.05, 3.63) is 29.5 Å². The molecule has 1 saturated carbocycles. The standard InChI is InChI=1S/C14H18ClN5/c1-10-4-2-3-5-13(10)17-14-8-11(6-7-12(14)15)20-9-16-18-19-20/h6-10,13,17H,2-5H2,1H3. The van der Waals surface area contributed by atoms with Crippen molar-refractivity contribution < 1.29 is 0 Å². The molecule has 2 atom stereocenters. The summed E-state index contributed by atoms with van der Waals surface area (Å²) in [7, 11) is 0. The number of rotatable bonds is 3. The van der Waals surface area contributed by atoms with Crippen molar-refractivity contribution in [3.63, 3.8) is 0 Å². The number of benzene rings is 1. The Kier molecular flexibility index (Phi) is 3.87. The summed E-state index contributed by atoms with van der Waals surface area (Å²) in [6.45, 7) is 2.30. The van der Waals surface area contributed by atoms with Crippen LogP contribution in [0.15, 0.2) is 24.5 Å². The Hall–Kier alpha value is -1.62. The minimum absolute atomic E-state index is 0.491. The first-order valence-corrected chi connectivity index (χ1v) is 7.41. The highest BCUT2D eigenvalue weighted by Crippen LogP contribution is 2.30. The van der Waals surface area contributed by atoms with Gasteiger partial charge in [0.15, 0.2) is 0 Å². The average molecular weight is 292 g/mol. The van der Waals surface area contributed by atoms with Gasteiger partial charge in [0.2, 0.25) is 0 Å². The van der Waals surface area contributed by atoms with E-state index >= 15 is 0 Å². The molecule has 0 aliphatic heterocycles. The second kappa shape index (κ2) is 5.79. The van der Waals surface area contributed by atoms with Gasteiger partial charge in [-0.2, -0.15) is 0 Å². The Bertz CT molecular complexity index is 569. The maximum atomic E-state index is 6.30. The highest BCUT2D eigenvalue weighted by Gasteiger charge is 2.21. The van der Waals surface area contributed by atoms with Crippen molar-refractivity contribution in [2.24, 2.45) is 5.92 Å². The Morgan fingerprint density at radius 2 is 2.15 bits per heavy atom. The molecule has 0 saturated heterocycles. The minimum Gasteiger partial charge on any atom is -0.381 e. The van der Waals surface area contributed by atoms with E-state index in [2.05, 4.69) is 27.8 Å². The van der Waals surface area contributed by atoms with Gasteiger partial charge < -0.3 is 5.32 Å². The molecule has 1 heterocycles. The van der Waals surface area contributed by atoms with Crippen LogP contribution in [0.1, 0.15) is 32.6 Å². The molecular weight excluding hydrogens is 274 g/mol. The van der Waals surface area contributed by atoms with Crippen molar-refractivity contribution in [1.82, 2.24) is 20.2 Å². The van der Waals surface area contributed by atoms with Crippen molar-refractivity contribution in [2.45, 2.75) is 38.6 Å². The van der Waals surface area contributed by atoms with E-state index < -0.39 is 0 Å². The van der Waals surface area contributed by atoms with Crippen LogP contribution in [0.5, 0.6) is 0 Å². The van der Waals surface area contributed by atoms with Crippen molar-refractivity contribution >= 4 is 17.3 Å². The first kappa shape index (κ1) is 13.4. The van der Waals surface area contributed by atoms with Gasteiger partial charge in [-0.3, -0.25) is 0 Å². The molecular formula is C14H18ClN5. The van der Waals surface area contributed by atoms with Crippen LogP contribution in [-0.4, -0.2) is 26.2 Å². The predicted molar refractivity (Wildman–Crippen MR) is 79.2 cm³/mol. The molecule has 1 aromatic heterocycles. The highest BCUT2D eigenvalue weighted by atomic mass is 35.5. The Morgan fingerprint density at radius 3 is 2.90 bits per heavy atom. The Morgan fingerprint density at radius 1 is 1.30 bits per heavy atom. The summed E-state index contributed by atoms with van der Waals surface area (Å²) < 4.78 is 1.63. The fraction of sp³-hybridized carbons (Fsp3) is 0.500. The van der Waals surface area contributed by atoms with E-state index in [1.165, 1.54) is 25.7 Å². The van der Waals surface area contributed by atoms with Crippen molar-refractivity contribution in [1.29, 1.82) is 0 Å². The topological polar surface area (TPSA) is 55.6 Å². The van der Waals surface area contributed by atoms with Gasteiger partial charge >= 0.3 is 0 Å². The number of halogens is 1. The molecule has 1 fully saturated rings. The summed E-state index contributed by atoms with van der Waals surface area (Å²) in [5, 5.41) is 15.5. The van der Waals surface area contributed by atoms with Crippen LogP contribution < -0.4 is 5.32 Å². The summed E-state index contributed by atoms with van der Waals surface area (Å²) >= 11 is 6.30. The first-order valence-electron chi connectivity index (χ1n) is 7.03. The second-order valence-electron chi connectivity index (χ2n) is 5.43. The zero-order valence-corrected chi connectivity index (χ0v) is 12.2.